The summed E-state index contributed by atoms with van der Waals surface area (Å²) in [5, 5.41) is 9.36. The van der Waals surface area contributed by atoms with Gasteiger partial charge in [0.25, 0.3) is 0 Å². The zero-order valence-corrected chi connectivity index (χ0v) is 8.54. The van der Waals surface area contributed by atoms with Crippen LogP contribution < -0.4 is 10.5 Å². The molecule has 0 radical (unpaired) electrons. The number of hydrogen-bond donors (Lipinski definition) is 2. The average Bonchev–Trinajstić information content (AvgIpc) is 2.19. The number of nitrogen functional groups attached to an aromatic ring is 1. The first-order valence-electron chi connectivity index (χ1n) is 4.21. The third-order valence-corrected chi connectivity index (χ3v) is 1.75. The fourth-order valence-corrected chi connectivity index (χ4v) is 1.09. The quantitative estimate of drug-likeness (QED) is 0.474. The molecular weight excluding hydrogens is 243 g/mol. The van der Waals surface area contributed by atoms with Gasteiger partial charge in [-0.2, -0.15) is 0 Å². The molecule has 0 atom stereocenters. The zero-order valence-electron chi connectivity index (χ0n) is 8.54. The number of alkyl halides is 3. The number of hydrogen-bond acceptors (Lipinski definition) is 5. The van der Waals surface area contributed by atoms with Crippen LogP contribution in [0.15, 0.2) is 12.1 Å². The Morgan fingerprint density at radius 1 is 1.41 bits per heavy atom. The molecule has 0 aliphatic heterocycles. The van der Waals surface area contributed by atoms with E-state index < -0.39 is 35.1 Å². The fraction of sp³-hybridized carbons (Fsp3) is 0.222. The van der Waals surface area contributed by atoms with E-state index in [-0.39, 0.29) is 0 Å². The third kappa shape index (κ3) is 3.16. The number of rotatable bonds is 2. The SMILES string of the molecule is COC(=O)c1cc(OC(F)(F)F)cc(N)c1O. The van der Waals surface area contributed by atoms with Gasteiger partial charge in [0.05, 0.1) is 12.8 Å². The number of benzene rings is 1. The Hall–Kier alpha value is -2.12. The van der Waals surface area contributed by atoms with E-state index in [4.69, 9.17) is 5.73 Å². The molecule has 8 heteroatoms. The van der Waals surface area contributed by atoms with Gasteiger partial charge >= 0.3 is 12.3 Å². The average molecular weight is 251 g/mol. The van der Waals surface area contributed by atoms with Crippen LogP contribution in [0.5, 0.6) is 11.5 Å². The molecule has 0 aliphatic rings. The lowest BCUT2D eigenvalue weighted by atomic mass is 10.1. The number of methoxy groups -OCH3 is 1. The summed E-state index contributed by atoms with van der Waals surface area (Å²) in [6.07, 6.45) is -4.92. The van der Waals surface area contributed by atoms with Gasteiger partial charge in [-0.25, -0.2) is 4.79 Å². The summed E-state index contributed by atoms with van der Waals surface area (Å²) in [5.41, 5.74) is 4.30. The predicted molar refractivity (Wildman–Crippen MR) is 50.5 cm³/mol. The molecule has 0 aliphatic carbocycles. The molecule has 0 amide bonds. The van der Waals surface area contributed by atoms with Crippen LogP contribution in [0.3, 0.4) is 0 Å². The number of ether oxygens (including phenoxy) is 2. The lowest BCUT2D eigenvalue weighted by Crippen LogP contribution is -2.17. The Morgan fingerprint density at radius 3 is 2.47 bits per heavy atom. The highest BCUT2D eigenvalue weighted by Crippen LogP contribution is 2.33. The van der Waals surface area contributed by atoms with Crippen molar-refractivity contribution >= 4 is 11.7 Å². The number of carbonyl (C=O) groups is 1. The van der Waals surface area contributed by atoms with Crippen LogP contribution in [0.2, 0.25) is 0 Å². The van der Waals surface area contributed by atoms with E-state index in [0.29, 0.717) is 6.07 Å². The molecule has 94 valence electrons. The van der Waals surface area contributed by atoms with E-state index in [1.54, 1.807) is 0 Å². The van der Waals surface area contributed by atoms with Crippen LogP contribution in [0, 0.1) is 0 Å². The van der Waals surface area contributed by atoms with Crippen LogP contribution in [0.4, 0.5) is 18.9 Å². The van der Waals surface area contributed by atoms with Crippen LogP contribution >= 0.6 is 0 Å². The van der Waals surface area contributed by atoms with Gasteiger partial charge in [-0.15, -0.1) is 13.2 Å². The highest BCUT2D eigenvalue weighted by Gasteiger charge is 2.32. The standard InChI is InChI=1S/C9H8F3NO4/c1-16-8(15)5-2-4(17-9(10,11)12)3-6(13)7(5)14/h2-3,14H,13H2,1H3. The van der Waals surface area contributed by atoms with Crippen molar-refractivity contribution in [2.75, 3.05) is 12.8 Å². The minimum absolute atomic E-state index is 0.424. The summed E-state index contributed by atoms with van der Waals surface area (Å²) >= 11 is 0. The van der Waals surface area contributed by atoms with Gasteiger partial charge < -0.3 is 20.3 Å². The van der Waals surface area contributed by atoms with Crippen molar-refractivity contribution in [2.45, 2.75) is 6.36 Å². The first-order chi connectivity index (χ1) is 7.74. The summed E-state index contributed by atoms with van der Waals surface area (Å²) < 4.78 is 43.7. The highest BCUT2D eigenvalue weighted by molar-refractivity contribution is 5.95. The molecule has 0 fully saturated rings. The summed E-state index contributed by atoms with van der Waals surface area (Å²) in [6, 6.07) is 1.43. The Morgan fingerprint density at radius 2 is 2.00 bits per heavy atom. The first kappa shape index (κ1) is 12.9. The van der Waals surface area contributed by atoms with Crippen molar-refractivity contribution in [1.82, 2.24) is 0 Å². The Kier molecular flexibility index (Phi) is 3.35. The van der Waals surface area contributed by atoms with Crippen LogP contribution in [-0.4, -0.2) is 24.5 Å². The molecule has 0 bridgehead atoms. The topological polar surface area (TPSA) is 81.8 Å². The Balaban J connectivity index is 3.19. The van der Waals surface area contributed by atoms with E-state index in [1.807, 2.05) is 0 Å². The van der Waals surface area contributed by atoms with Crippen LogP contribution in [-0.2, 0) is 4.74 Å². The van der Waals surface area contributed by atoms with Gasteiger partial charge in [-0.3, -0.25) is 0 Å². The van der Waals surface area contributed by atoms with Crippen LogP contribution in [0.25, 0.3) is 0 Å². The van der Waals surface area contributed by atoms with E-state index in [9.17, 15) is 23.1 Å². The van der Waals surface area contributed by atoms with Gasteiger partial charge in [0.2, 0.25) is 0 Å². The number of anilines is 1. The van der Waals surface area contributed by atoms with Crippen molar-refractivity contribution in [3.05, 3.63) is 17.7 Å². The fourth-order valence-electron chi connectivity index (χ4n) is 1.09. The number of esters is 1. The maximum absolute atomic E-state index is 11.9. The summed E-state index contributed by atoms with van der Waals surface area (Å²) in [4.78, 5) is 11.1. The molecule has 5 nitrogen and oxygen atoms in total. The number of halogens is 3. The summed E-state index contributed by atoms with van der Waals surface area (Å²) in [6.45, 7) is 0. The normalized spacial score (nSPS) is 11.1. The second-order valence-electron chi connectivity index (χ2n) is 2.95. The molecule has 0 aromatic heterocycles. The largest absolute Gasteiger partial charge is 0.573 e. The molecule has 0 saturated carbocycles. The van der Waals surface area contributed by atoms with Crippen LogP contribution in [0.1, 0.15) is 10.4 Å². The monoisotopic (exact) mass is 251 g/mol. The van der Waals surface area contributed by atoms with E-state index in [0.717, 1.165) is 13.2 Å². The predicted octanol–water partition coefficient (Wildman–Crippen LogP) is 1.66. The van der Waals surface area contributed by atoms with Gasteiger partial charge in [0.15, 0.2) is 5.75 Å². The number of aromatic hydroxyl groups is 1. The molecule has 17 heavy (non-hydrogen) atoms. The van der Waals surface area contributed by atoms with Crippen molar-refractivity contribution in [1.29, 1.82) is 0 Å². The maximum atomic E-state index is 11.9. The first-order valence-corrected chi connectivity index (χ1v) is 4.21. The van der Waals surface area contributed by atoms with Gasteiger partial charge in [-0.1, -0.05) is 0 Å². The van der Waals surface area contributed by atoms with Crippen molar-refractivity contribution < 1.29 is 32.5 Å². The number of phenols is 1. The molecular formula is C9H8F3NO4. The summed E-state index contributed by atoms with van der Waals surface area (Å²) in [5.74, 6) is -2.40. The number of carbonyl (C=O) groups excluding carboxylic acids is 1. The molecule has 1 aromatic carbocycles. The summed E-state index contributed by atoms with van der Waals surface area (Å²) in [7, 11) is 1.01. The second-order valence-corrected chi connectivity index (χ2v) is 2.95. The molecule has 0 unspecified atom stereocenters. The van der Waals surface area contributed by atoms with E-state index in [1.165, 1.54) is 0 Å². The van der Waals surface area contributed by atoms with E-state index in [2.05, 4.69) is 9.47 Å². The highest BCUT2D eigenvalue weighted by atomic mass is 19.4. The Labute approximate surface area is 93.5 Å². The Bertz CT molecular complexity index is 445. The number of nitrogens with two attached hydrogens (primary N) is 1. The molecule has 0 spiro atoms. The number of phenolic OH excluding ortho intramolecular Hbond substituents is 1. The minimum atomic E-state index is -4.92. The lowest BCUT2D eigenvalue weighted by molar-refractivity contribution is -0.274. The molecule has 1 rings (SSSR count). The molecule has 1 aromatic rings. The van der Waals surface area contributed by atoms with Gasteiger partial charge in [0, 0.05) is 6.07 Å². The third-order valence-electron chi connectivity index (χ3n) is 1.75. The smallest absolute Gasteiger partial charge is 0.505 e. The zero-order chi connectivity index (χ0) is 13.2. The molecule has 0 saturated heterocycles. The minimum Gasteiger partial charge on any atom is -0.505 e. The van der Waals surface area contributed by atoms with E-state index >= 15 is 0 Å². The van der Waals surface area contributed by atoms with Crippen molar-refractivity contribution in [3.63, 3.8) is 0 Å². The van der Waals surface area contributed by atoms with Crippen molar-refractivity contribution in [2.24, 2.45) is 0 Å². The molecule has 3 N–H and O–H groups in total. The maximum Gasteiger partial charge on any atom is 0.573 e. The lowest BCUT2D eigenvalue weighted by Gasteiger charge is -2.12. The van der Waals surface area contributed by atoms with Gasteiger partial charge in [-0.05, 0) is 6.07 Å². The van der Waals surface area contributed by atoms with Crippen molar-refractivity contribution in [3.8, 4) is 11.5 Å². The van der Waals surface area contributed by atoms with Gasteiger partial charge in [0.1, 0.15) is 11.3 Å². The molecule has 0 heterocycles. The second kappa shape index (κ2) is 4.40.